The molecule has 1 aromatic carbocycles. The lowest BCUT2D eigenvalue weighted by Crippen LogP contribution is -2.39. The number of hydrogen-bond acceptors (Lipinski definition) is 7. The summed E-state index contributed by atoms with van der Waals surface area (Å²) in [4.78, 5) is 16.0. The van der Waals surface area contributed by atoms with Gasteiger partial charge in [-0.15, -0.1) is 0 Å². The van der Waals surface area contributed by atoms with Gasteiger partial charge >= 0.3 is 6.55 Å². The van der Waals surface area contributed by atoms with Crippen LogP contribution in [0.4, 0.5) is 23.4 Å². The fourth-order valence-corrected chi connectivity index (χ4v) is 4.48. The molecule has 5 rings (SSSR count). The molecule has 206 valence electrons. The largest absolute Gasteiger partial charge is 0.487 e. The summed E-state index contributed by atoms with van der Waals surface area (Å²) in [5, 5.41) is 14.2. The highest BCUT2D eigenvalue weighted by atomic mass is 19.3. The van der Waals surface area contributed by atoms with E-state index in [1.54, 1.807) is 26.1 Å². The number of nitrogens with zero attached hydrogens (tertiary/aromatic N) is 6. The lowest BCUT2D eigenvalue weighted by Gasteiger charge is -2.33. The van der Waals surface area contributed by atoms with Gasteiger partial charge in [0.05, 0.1) is 23.5 Å². The molecule has 0 saturated carbocycles. The topological polar surface area (TPSA) is 89.2 Å². The minimum absolute atomic E-state index is 0.0126. The van der Waals surface area contributed by atoms with E-state index in [4.69, 9.17) is 14.7 Å². The molecule has 1 atom stereocenters. The monoisotopic (exact) mass is 544 g/mol. The molecule has 3 aromatic heterocycles. The maximum Gasteiger partial charge on any atom is 0.333 e. The molecule has 0 aliphatic carbocycles. The summed E-state index contributed by atoms with van der Waals surface area (Å²) < 4.78 is 60.2. The first kappa shape index (κ1) is 26.8. The Kier molecular flexibility index (Phi) is 7.15. The van der Waals surface area contributed by atoms with Crippen LogP contribution in [0.15, 0.2) is 42.9 Å². The quantitative estimate of drug-likeness (QED) is 0.308. The lowest BCUT2D eigenvalue weighted by molar-refractivity contribution is 0.0545. The molecule has 1 aliphatic rings. The SMILES string of the molecule is CC(c1cc2nc(N3CCC(Oc4ccc(F)cc4F)CC3)c(-c3cnn(C(F)F)c3)nc2cn1)C(C)(C)O. The number of aliphatic hydroxyl groups is 1. The fourth-order valence-electron chi connectivity index (χ4n) is 4.48. The van der Waals surface area contributed by atoms with Crippen molar-refractivity contribution in [3.05, 3.63) is 60.2 Å². The molecule has 0 bridgehead atoms. The molecule has 8 nitrogen and oxygen atoms in total. The predicted octanol–water partition coefficient (Wildman–Crippen LogP) is 5.48. The van der Waals surface area contributed by atoms with Crippen molar-refractivity contribution < 1.29 is 27.4 Å². The molecular weight excluding hydrogens is 516 g/mol. The molecule has 39 heavy (non-hydrogen) atoms. The Hall–Kier alpha value is -3.80. The number of aromatic nitrogens is 5. The van der Waals surface area contributed by atoms with Crippen LogP contribution in [0.5, 0.6) is 5.75 Å². The lowest BCUT2D eigenvalue weighted by atomic mass is 9.89. The standard InChI is InChI=1S/C27H28F4N6O2/c1-15(27(2,3)38)20-11-21-22(13-32-20)34-24(16-12-33-37(14-16)26(30)31)25(35-21)36-8-6-18(7-9-36)39-23-5-4-17(28)10-19(23)29/h4-5,10-15,18,26,38H,6-9H2,1-3H3. The van der Waals surface area contributed by atoms with Gasteiger partial charge in [0.15, 0.2) is 17.4 Å². The van der Waals surface area contributed by atoms with Crippen LogP contribution in [0.1, 0.15) is 51.8 Å². The van der Waals surface area contributed by atoms with Crippen molar-refractivity contribution in [1.29, 1.82) is 0 Å². The number of hydrogen-bond donors (Lipinski definition) is 1. The molecule has 1 unspecified atom stereocenters. The van der Waals surface area contributed by atoms with Crippen molar-refractivity contribution >= 4 is 16.9 Å². The smallest absolute Gasteiger partial charge is 0.333 e. The van der Waals surface area contributed by atoms with Gasteiger partial charge in [-0.1, -0.05) is 6.92 Å². The van der Waals surface area contributed by atoms with Crippen LogP contribution in [0.25, 0.3) is 22.3 Å². The van der Waals surface area contributed by atoms with E-state index >= 15 is 0 Å². The van der Waals surface area contributed by atoms with E-state index in [2.05, 4.69) is 10.1 Å². The second kappa shape index (κ2) is 10.4. The summed E-state index contributed by atoms with van der Waals surface area (Å²) in [6, 6.07) is 4.97. The Labute approximate surface area is 222 Å². The van der Waals surface area contributed by atoms with Crippen molar-refractivity contribution in [2.75, 3.05) is 18.0 Å². The van der Waals surface area contributed by atoms with E-state index in [0.29, 0.717) is 64.4 Å². The van der Waals surface area contributed by atoms with Gasteiger partial charge in [-0.25, -0.2) is 23.4 Å². The Morgan fingerprint density at radius 1 is 1.05 bits per heavy atom. The van der Waals surface area contributed by atoms with Crippen molar-refractivity contribution in [2.24, 2.45) is 0 Å². The van der Waals surface area contributed by atoms with E-state index in [0.717, 1.165) is 12.1 Å². The normalized spacial score (nSPS) is 15.8. The number of piperidine rings is 1. The number of anilines is 1. The number of ether oxygens (including phenoxy) is 1. The second-order valence-electron chi connectivity index (χ2n) is 10.2. The highest BCUT2D eigenvalue weighted by molar-refractivity contribution is 5.83. The van der Waals surface area contributed by atoms with Crippen LogP contribution in [0, 0.1) is 11.6 Å². The van der Waals surface area contributed by atoms with Crippen molar-refractivity contribution in [3.8, 4) is 17.0 Å². The van der Waals surface area contributed by atoms with Crippen LogP contribution in [0.2, 0.25) is 0 Å². The van der Waals surface area contributed by atoms with E-state index in [1.807, 2.05) is 11.8 Å². The summed E-state index contributed by atoms with van der Waals surface area (Å²) in [5.41, 5.74) is 1.40. The van der Waals surface area contributed by atoms with E-state index in [1.165, 1.54) is 18.5 Å². The zero-order valence-electron chi connectivity index (χ0n) is 21.7. The molecule has 0 amide bonds. The zero-order chi connectivity index (χ0) is 27.9. The number of rotatable bonds is 7. The highest BCUT2D eigenvalue weighted by Crippen LogP contribution is 2.34. The Morgan fingerprint density at radius 2 is 1.79 bits per heavy atom. The minimum Gasteiger partial charge on any atom is -0.487 e. The van der Waals surface area contributed by atoms with Crippen LogP contribution >= 0.6 is 0 Å². The number of fused-ring (bicyclic) bond motifs is 1. The number of benzene rings is 1. The van der Waals surface area contributed by atoms with E-state index in [9.17, 15) is 22.7 Å². The fraction of sp³-hybridized carbons (Fsp3) is 0.407. The maximum absolute atomic E-state index is 14.1. The molecule has 4 aromatic rings. The third-order valence-electron chi connectivity index (χ3n) is 7.06. The van der Waals surface area contributed by atoms with Crippen molar-refractivity contribution in [1.82, 2.24) is 24.7 Å². The third kappa shape index (κ3) is 5.65. The van der Waals surface area contributed by atoms with Gasteiger partial charge in [-0.2, -0.15) is 13.9 Å². The predicted molar refractivity (Wildman–Crippen MR) is 137 cm³/mol. The van der Waals surface area contributed by atoms with Crippen molar-refractivity contribution in [2.45, 2.75) is 57.8 Å². The number of pyridine rings is 1. The molecular formula is C27H28F4N6O2. The first-order valence-corrected chi connectivity index (χ1v) is 12.6. The average Bonchev–Trinajstić information content (AvgIpc) is 3.39. The van der Waals surface area contributed by atoms with Gasteiger partial charge < -0.3 is 14.7 Å². The van der Waals surface area contributed by atoms with Gasteiger partial charge in [-0.05, 0) is 32.0 Å². The Morgan fingerprint density at radius 3 is 2.44 bits per heavy atom. The molecule has 0 radical (unpaired) electrons. The summed E-state index contributed by atoms with van der Waals surface area (Å²) >= 11 is 0. The third-order valence-corrected chi connectivity index (χ3v) is 7.06. The van der Waals surface area contributed by atoms with Crippen LogP contribution in [0.3, 0.4) is 0 Å². The molecule has 1 fully saturated rings. The second-order valence-corrected chi connectivity index (χ2v) is 10.2. The van der Waals surface area contributed by atoms with Gasteiger partial charge in [-0.3, -0.25) is 4.98 Å². The van der Waals surface area contributed by atoms with E-state index < -0.39 is 23.8 Å². The van der Waals surface area contributed by atoms with Crippen LogP contribution in [-0.4, -0.2) is 54.6 Å². The molecule has 4 heterocycles. The molecule has 12 heteroatoms. The summed E-state index contributed by atoms with van der Waals surface area (Å²) in [6.07, 6.45) is 4.82. The zero-order valence-corrected chi connectivity index (χ0v) is 21.7. The molecule has 1 aliphatic heterocycles. The van der Waals surface area contributed by atoms with Crippen molar-refractivity contribution in [3.63, 3.8) is 0 Å². The summed E-state index contributed by atoms with van der Waals surface area (Å²) in [6.45, 7) is 3.42. The molecule has 0 spiro atoms. The van der Waals surface area contributed by atoms with Gasteiger partial charge in [0, 0.05) is 55.4 Å². The van der Waals surface area contributed by atoms with Gasteiger partial charge in [0.25, 0.3) is 0 Å². The molecule has 1 saturated heterocycles. The minimum atomic E-state index is -2.80. The average molecular weight is 545 g/mol. The number of alkyl halides is 2. The maximum atomic E-state index is 14.1. The van der Waals surface area contributed by atoms with Gasteiger partial charge in [0.2, 0.25) is 0 Å². The van der Waals surface area contributed by atoms with Gasteiger partial charge in [0.1, 0.15) is 23.1 Å². The van der Waals surface area contributed by atoms with E-state index in [-0.39, 0.29) is 17.8 Å². The number of halogens is 4. The first-order chi connectivity index (χ1) is 18.5. The Balaban J connectivity index is 1.47. The summed E-state index contributed by atoms with van der Waals surface area (Å²) in [5.74, 6) is -1.25. The summed E-state index contributed by atoms with van der Waals surface area (Å²) in [7, 11) is 0. The highest BCUT2D eigenvalue weighted by Gasteiger charge is 2.28. The van der Waals surface area contributed by atoms with Crippen LogP contribution in [-0.2, 0) is 0 Å². The Bertz CT molecular complexity index is 1480. The van der Waals surface area contributed by atoms with Crippen LogP contribution < -0.4 is 9.64 Å². The first-order valence-electron chi connectivity index (χ1n) is 12.6. The molecule has 1 N–H and O–H groups in total.